The second-order valence-electron chi connectivity index (χ2n) is 5.06. The Balaban J connectivity index is 3.30. The van der Waals surface area contributed by atoms with Crippen LogP contribution in [-0.2, 0) is 4.74 Å². The Morgan fingerprint density at radius 3 is 1.75 bits per heavy atom. The summed E-state index contributed by atoms with van der Waals surface area (Å²) in [5.74, 6) is -2.08. The van der Waals surface area contributed by atoms with Gasteiger partial charge in [0.2, 0.25) is 0 Å². The van der Waals surface area contributed by atoms with Crippen LogP contribution in [0.25, 0.3) is 0 Å². The zero-order valence-corrected chi connectivity index (χ0v) is 9.93. The maximum atomic E-state index is 10.2. The third kappa shape index (κ3) is 1.42. The largest absolute Gasteiger partial charge is 0.394 e. The Bertz CT molecular complexity index is 281. The van der Waals surface area contributed by atoms with E-state index in [9.17, 15) is 20.4 Å². The topological polar surface area (TPSA) is 110 Å². The first-order valence-corrected chi connectivity index (χ1v) is 5.10. The predicted molar refractivity (Wildman–Crippen MR) is 54.5 cm³/mol. The Morgan fingerprint density at radius 1 is 0.938 bits per heavy atom. The second kappa shape index (κ2) is 3.38. The van der Waals surface area contributed by atoms with Crippen LogP contribution >= 0.6 is 0 Å². The first-order chi connectivity index (χ1) is 6.92. The molecule has 1 rings (SSSR count). The molecule has 1 aliphatic heterocycles. The minimum atomic E-state index is -2.09. The molecular formula is C10H20O6. The highest BCUT2D eigenvalue weighted by Crippen LogP contribution is 2.47. The SMILES string of the molecule is CC1(O)OC(CO)C(C)(O)C(C)(O)C1(C)O. The van der Waals surface area contributed by atoms with E-state index < -0.39 is 35.3 Å². The normalized spacial score (nSPS) is 58.7. The highest BCUT2D eigenvalue weighted by atomic mass is 16.7. The summed E-state index contributed by atoms with van der Waals surface area (Å²) in [4.78, 5) is 0. The average Bonchev–Trinajstić information content (AvgIpc) is 2.11. The van der Waals surface area contributed by atoms with Crippen molar-refractivity contribution in [2.24, 2.45) is 0 Å². The Morgan fingerprint density at radius 2 is 1.38 bits per heavy atom. The molecule has 1 saturated heterocycles. The molecule has 0 aromatic rings. The fourth-order valence-electron chi connectivity index (χ4n) is 1.98. The van der Waals surface area contributed by atoms with Gasteiger partial charge in [0.1, 0.15) is 22.9 Å². The van der Waals surface area contributed by atoms with Gasteiger partial charge in [-0.05, 0) is 27.7 Å². The third-order valence-electron chi connectivity index (χ3n) is 4.00. The summed E-state index contributed by atoms with van der Waals surface area (Å²) < 4.78 is 5.03. The molecule has 0 aromatic heterocycles. The van der Waals surface area contributed by atoms with Gasteiger partial charge in [-0.15, -0.1) is 0 Å². The molecule has 1 aliphatic rings. The number of ether oxygens (including phenoxy) is 1. The Hall–Kier alpha value is -0.240. The molecule has 0 saturated carbocycles. The molecule has 0 spiro atoms. The molecule has 6 nitrogen and oxygen atoms in total. The Kier molecular flexibility index (Phi) is 2.92. The van der Waals surface area contributed by atoms with E-state index in [1.54, 1.807) is 0 Å². The van der Waals surface area contributed by atoms with Gasteiger partial charge in [-0.25, -0.2) is 0 Å². The van der Waals surface area contributed by atoms with E-state index in [1.165, 1.54) is 20.8 Å². The molecule has 1 fully saturated rings. The van der Waals surface area contributed by atoms with Crippen LogP contribution in [-0.4, -0.2) is 60.8 Å². The molecule has 5 unspecified atom stereocenters. The van der Waals surface area contributed by atoms with Crippen molar-refractivity contribution in [3.8, 4) is 0 Å². The lowest BCUT2D eigenvalue weighted by Crippen LogP contribution is -2.80. The van der Waals surface area contributed by atoms with Crippen LogP contribution in [0.3, 0.4) is 0 Å². The van der Waals surface area contributed by atoms with Crippen molar-refractivity contribution >= 4 is 0 Å². The van der Waals surface area contributed by atoms with Gasteiger partial charge in [-0.2, -0.15) is 0 Å². The number of hydrogen-bond acceptors (Lipinski definition) is 6. The molecule has 96 valence electrons. The molecule has 5 N–H and O–H groups in total. The molecule has 0 aromatic carbocycles. The van der Waals surface area contributed by atoms with Crippen LogP contribution in [0.4, 0.5) is 0 Å². The van der Waals surface area contributed by atoms with Crippen molar-refractivity contribution in [2.45, 2.75) is 56.4 Å². The summed E-state index contributed by atoms with van der Waals surface area (Å²) in [6.07, 6.45) is -1.20. The maximum Gasteiger partial charge on any atom is 0.195 e. The van der Waals surface area contributed by atoms with Crippen LogP contribution < -0.4 is 0 Å². The number of aliphatic hydroxyl groups is 5. The van der Waals surface area contributed by atoms with Crippen LogP contribution in [0.1, 0.15) is 27.7 Å². The van der Waals surface area contributed by atoms with Crippen molar-refractivity contribution in [1.82, 2.24) is 0 Å². The summed E-state index contributed by atoms with van der Waals surface area (Å²) in [5.41, 5.74) is -6.03. The van der Waals surface area contributed by atoms with E-state index >= 15 is 0 Å². The second-order valence-corrected chi connectivity index (χ2v) is 5.06. The van der Waals surface area contributed by atoms with Crippen molar-refractivity contribution < 1.29 is 30.3 Å². The minimum Gasteiger partial charge on any atom is -0.394 e. The van der Waals surface area contributed by atoms with Gasteiger partial charge in [-0.3, -0.25) is 0 Å². The van der Waals surface area contributed by atoms with Crippen molar-refractivity contribution in [1.29, 1.82) is 0 Å². The lowest BCUT2D eigenvalue weighted by Gasteiger charge is -2.60. The van der Waals surface area contributed by atoms with E-state index in [2.05, 4.69) is 0 Å². The number of aliphatic hydroxyl groups excluding tert-OH is 1. The van der Waals surface area contributed by atoms with Crippen molar-refractivity contribution in [3.63, 3.8) is 0 Å². The van der Waals surface area contributed by atoms with Gasteiger partial charge in [0.05, 0.1) is 6.61 Å². The highest BCUT2D eigenvalue weighted by molar-refractivity contribution is 5.16. The lowest BCUT2D eigenvalue weighted by molar-refractivity contribution is -0.423. The van der Waals surface area contributed by atoms with Crippen LogP contribution in [0.5, 0.6) is 0 Å². The molecule has 0 bridgehead atoms. The quantitative estimate of drug-likeness (QED) is 0.373. The van der Waals surface area contributed by atoms with E-state index in [-0.39, 0.29) is 0 Å². The maximum absolute atomic E-state index is 10.2. The van der Waals surface area contributed by atoms with E-state index in [1.807, 2.05) is 0 Å². The summed E-state index contributed by atoms with van der Waals surface area (Å²) >= 11 is 0. The molecule has 1 heterocycles. The first kappa shape index (κ1) is 13.8. The van der Waals surface area contributed by atoms with Gasteiger partial charge < -0.3 is 30.3 Å². The average molecular weight is 236 g/mol. The summed E-state index contributed by atoms with van der Waals surface area (Å²) in [5, 5.41) is 49.4. The molecule has 6 heteroatoms. The highest BCUT2D eigenvalue weighted by Gasteiger charge is 2.69. The molecular weight excluding hydrogens is 216 g/mol. The van der Waals surface area contributed by atoms with E-state index in [0.29, 0.717) is 0 Å². The lowest BCUT2D eigenvalue weighted by atomic mass is 9.65. The number of rotatable bonds is 1. The van der Waals surface area contributed by atoms with Crippen molar-refractivity contribution in [3.05, 3.63) is 0 Å². The predicted octanol–water partition coefficient (Wildman–Crippen LogP) is -1.66. The molecule has 0 amide bonds. The monoisotopic (exact) mass is 236 g/mol. The van der Waals surface area contributed by atoms with Crippen LogP contribution in [0, 0.1) is 0 Å². The summed E-state index contributed by atoms with van der Waals surface area (Å²) in [6, 6.07) is 0. The van der Waals surface area contributed by atoms with Gasteiger partial charge in [0, 0.05) is 0 Å². The van der Waals surface area contributed by atoms with Gasteiger partial charge >= 0.3 is 0 Å². The van der Waals surface area contributed by atoms with Crippen LogP contribution in [0.2, 0.25) is 0 Å². The van der Waals surface area contributed by atoms with Crippen LogP contribution in [0.15, 0.2) is 0 Å². The van der Waals surface area contributed by atoms with E-state index in [0.717, 1.165) is 6.92 Å². The molecule has 16 heavy (non-hydrogen) atoms. The summed E-state index contributed by atoms with van der Waals surface area (Å²) in [6.45, 7) is 4.16. The fourth-order valence-corrected chi connectivity index (χ4v) is 1.98. The molecule has 0 aliphatic carbocycles. The van der Waals surface area contributed by atoms with E-state index in [4.69, 9.17) is 9.84 Å². The number of hydrogen-bond donors (Lipinski definition) is 5. The fraction of sp³-hybridized carbons (Fsp3) is 1.00. The zero-order chi connectivity index (χ0) is 13.0. The summed E-state index contributed by atoms with van der Waals surface area (Å²) in [7, 11) is 0. The standard InChI is InChI=1S/C10H20O6/c1-7(12)6(5-11)16-10(4,15)9(3,14)8(7,2)13/h6,11-15H,5H2,1-4H3. The molecule has 5 atom stereocenters. The van der Waals surface area contributed by atoms with Gasteiger partial charge in [0.15, 0.2) is 5.79 Å². The minimum absolute atomic E-state index is 0.588. The third-order valence-corrected chi connectivity index (χ3v) is 4.00. The Labute approximate surface area is 94.1 Å². The van der Waals surface area contributed by atoms with Gasteiger partial charge in [-0.1, -0.05) is 0 Å². The zero-order valence-electron chi connectivity index (χ0n) is 9.93. The first-order valence-electron chi connectivity index (χ1n) is 5.10. The van der Waals surface area contributed by atoms with Gasteiger partial charge in [0.25, 0.3) is 0 Å². The molecule has 0 radical (unpaired) electrons. The smallest absolute Gasteiger partial charge is 0.195 e. The van der Waals surface area contributed by atoms with Crippen molar-refractivity contribution in [2.75, 3.05) is 6.61 Å².